The molecule has 1 fully saturated rings. The molecule has 2 heterocycles. The summed E-state index contributed by atoms with van der Waals surface area (Å²) in [7, 11) is 0. The maximum absolute atomic E-state index is 12.5. The van der Waals surface area contributed by atoms with Crippen LogP contribution in [0.3, 0.4) is 0 Å². The summed E-state index contributed by atoms with van der Waals surface area (Å²) in [5, 5.41) is 19.8. The number of aliphatic carboxylic acids is 1. The van der Waals surface area contributed by atoms with Crippen molar-refractivity contribution in [1.82, 2.24) is 4.90 Å². The van der Waals surface area contributed by atoms with Crippen LogP contribution < -0.4 is 0 Å². The van der Waals surface area contributed by atoms with Crippen LogP contribution in [0.15, 0.2) is 54.2 Å². The zero-order valence-electron chi connectivity index (χ0n) is 15.9. The van der Waals surface area contributed by atoms with E-state index in [1.807, 2.05) is 55.5 Å². The van der Waals surface area contributed by atoms with Crippen LogP contribution in [0.5, 0.6) is 0 Å². The van der Waals surface area contributed by atoms with E-state index in [0.717, 1.165) is 28.7 Å². The molecule has 5 nitrogen and oxygen atoms in total. The van der Waals surface area contributed by atoms with Crippen molar-refractivity contribution in [3.05, 3.63) is 65.4 Å². The molecule has 2 N–H and O–H groups in total. The minimum atomic E-state index is -1.10. The van der Waals surface area contributed by atoms with E-state index in [4.69, 9.17) is 0 Å². The van der Waals surface area contributed by atoms with Gasteiger partial charge in [0.2, 0.25) is 5.91 Å². The number of carboxylic acids is 1. The molecule has 2 aromatic rings. The average molecular weight is 377 g/mol. The predicted octanol–water partition coefficient (Wildman–Crippen LogP) is 3.32. The van der Waals surface area contributed by atoms with E-state index in [-0.39, 0.29) is 17.6 Å². The third-order valence-corrected chi connectivity index (χ3v) is 5.85. The Morgan fingerprint density at radius 3 is 2.50 bits per heavy atom. The van der Waals surface area contributed by atoms with Gasteiger partial charge in [0.25, 0.3) is 0 Å². The number of aliphatic hydroxyl groups excluding tert-OH is 1. The van der Waals surface area contributed by atoms with Crippen LogP contribution in [0, 0.1) is 5.92 Å². The van der Waals surface area contributed by atoms with Crippen molar-refractivity contribution in [3.63, 3.8) is 0 Å². The molecule has 0 aromatic heterocycles. The number of fused-ring (bicyclic) bond motifs is 1. The maximum atomic E-state index is 12.5. The molecule has 0 saturated carbocycles. The Balaban J connectivity index is 1.84. The number of aliphatic hydroxyl groups is 1. The fraction of sp³-hybridized carbons (Fsp3) is 0.304. The maximum Gasteiger partial charge on any atom is 0.352 e. The van der Waals surface area contributed by atoms with E-state index in [1.54, 1.807) is 6.92 Å². The van der Waals surface area contributed by atoms with Gasteiger partial charge < -0.3 is 15.1 Å². The van der Waals surface area contributed by atoms with Gasteiger partial charge in [-0.3, -0.25) is 4.79 Å². The molecule has 4 rings (SSSR count). The van der Waals surface area contributed by atoms with E-state index in [0.29, 0.717) is 12.0 Å². The van der Waals surface area contributed by atoms with Crippen molar-refractivity contribution in [3.8, 4) is 11.1 Å². The first kappa shape index (κ1) is 18.4. The standard InChI is InChI=1S/C23H23NO4/c1-3-14-9-10-16(15-7-5-4-6-8-15)11-17(14)18-12-19-20(13(2)25)22(26)24(19)21(18)23(27)28/h4-11,13,19-20,25H,3,12H2,1-2H3,(H,27,28). The van der Waals surface area contributed by atoms with E-state index in [1.165, 1.54) is 4.90 Å². The molecule has 1 amide bonds. The number of benzene rings is 2. The minimum absolute atomic E-state index is 0.0619. The van der Waals surface area contributed by atoms with Crippen molar-refractivity contribution >= 4 is 17.4 Å². The third-order valence-electron chi connectivity index (χ3n) is 5.85. The zero-order valence-corrected chi connectivity index (χ0v) is 15.9. The fourth-order valence-electron chi connectivity index (χ4n) is 4.49. The van der Waals surface area contributed by atoms with Crippen molar-refractivity contribution in [2.45, 2.75) is 38.8 Å². The van der Waals surface area contributed by atoms with Gasteiger partial charge in [0.15, 0.2) is 0 Å². The monoisotopic (exact) mass is 377 g/mol. The summed E-state index contributed by atoms with van der Waals surface area (Å²) in [6, 6.07) is 15.8. The SMILES string of the molecule is CCc1ccc(-c2ccccc2)cc1C1=C(C(=O)O)N2C(=O)C(C(C)O)C2C1. The molecule has 0 aliphatic carbocycles. The summed E-state index contributed by atoms with van der Waals surface area (Å²) in [5.41, 5.74) is 4.75. The topological polar surface area (TPSA) is 77.8 Å². The van der Waals surface area contributed by atoms with Gasteiger partial charge >= 0.3 is 5.97 Å². The molecule has 0 radical (unpaired) electrons. The average Bonchev–Trinajstić information content (AvgIpc) is 3.03. The van der Waals surface area contributed by atoms with Gasteiger partial charge in [-0.1, -0.05) is 49.4 Å². The largest absolute Gasteiger partial charge is 0.477 e. The summed E-state index contributed by atoms with van der Waals surface area (Å²) in [4.78, 5) is 25.9. The van der Waals surface area contributed by atoms with Crippen LogP contribution in [0.1, 0.15) is 31.4 Å². The second-order valence-electron chi connectivity index (χ2n) is 7.47. The van der Waals surface area contributed by atoms with Gasteiger partial charge in [-0.2, -0.15) is 0 Å². The van der Waals surface area contributed by atoms with Crippen LogP contribution in [-0.4, -0.2) is 39.1 Å². The molecule has 0 spiro atoms. The lowest BCUT2D eigenvalue weighted by atomic mass is 9.82. The van der Waals surface area contributed by atoms with E-state index < -0.39 is 18.0 Å². The Bertz CT molecular complexity index is 977. The highest BCUT2D eigenvalue weighted by molar-refractivity contribution is 6.06. The number of carbonyl (C=O) groups excluding carboxylic acids is 1. The Labute approximate surface area is 163 Å². The zero-order chi connectivity index (χ0) is 20.0. The van der Waals surface area contributed by atoms with Crippen molar-refractivity contribution < 1.29 is 19.8 Å². The molecule has 5 heteroatoms. The summed E-state index contributed by atoms with van der Waals surface area (Å²) in [6.07, 6.45) is 0.428. The molecule has 1 saturated heterocycles. The van der Waals surface area contributed by atoms with Crippen molar-refractivity contribution in [2.75, 3.05) is 0 Å². The van der Waals surface area contributed by atoms with Crippen LogP contribution in [-0.2, 0) is 16.0 Å². The summed E-state index contributed by atoms with van der Waals surface area (Å²) in [6.45, 7) is 3.63. The molecule has 3 unspecified atom stereocenters. The Morgan fingerprint density at radius 1 is 1.18 bits per heavy atom. The molecule has 2 aromatic carbocycles. The number of carboxylic acid groups (broad SMARTS) is 1. The van der Waals surface area contributed by atoms with E-state index in [2.05, 4.69) is 0 Å². The number of aryl methyl sites for hydroxylation is 1. The Hall–Kier alpha value is -2.92. The third kappa shape index (κ3) is 2.74. The number of amides is 1. The van der Waals surface area contributed by atoms with Gasteiger partial charge in [0.05, 0.1) is 18.1 Å². The van der Waals surface area contributed by atoms with E-state index in [9.17, 15) is 19.8 Å². The van der Waals surface area contributed by atoms with Gasteiger partial charge in [-0.05, 0) is 53.7 Å². The smallest absolute Gasteiger partial charge is 0.352 e. The van der Waals surface area contributed by atoms with Crippen molar-refractivity contribution in [1.29, 1.82) is 0 Å². The van der Waals surface area contributed by atoms with Gasteiger partial charge in [-0.15, -0.1) is 0 Å². The quantitative estimate of drug-likeness (QED) is 0.784. The number of β-lactam (4-membered cyclic amide) rings is 1. The first-order valence-corrected chi connectivity index (χ1v) is 9.60. The number of hydrogen-bond acceptors (Lipinski definition) is 3. The second kappa shape index (κ2) is 6.91. The van der Waals surface area contributed by atoms with Crippen LogP contribution in [0.2, 0.25) is 0 Å². The Morgan fingerprint density at radius 2 is 1.89 bits per heavy atom. The molecular formula is C23H23NO4. The number of carbonyl (C=O) groups is 2. The molecule has 0 bridgehead atoms. The van der Waals surface area contributed by atoms with Gasteiger partial charge in [0.1, 0.15) is 5.70 Å². The highest BCUT2D eigenvalue weighted by Gasteiger charge is 2.56. The first-order valence-electron chi connectivity index (χ1n) is 9.60. The highest BCUT2D eigenvalue weighted by atomic mass is 16.4. The molecule has 144 valence electrons. The molecule has 28 heavy (non-hydrogen) atoms. The first-order chi connectivity index (χ1) is 13.4. The Kier molecular flexibility index (Phi) is 4.55. The minimum Gasteiger partial charge on any atom is -0.477 e. The van der Waals surface area contributed by atoms with Crippen LogP contribution in [0.25, 0.3) is 16.7 Å². The van der Waals surface area contributed by atoms with Crippen LogP contribution in [0.4, 0.5) is 0 Å². The van der Waals surface area contributed by atoms with Crippen LogP contribution >= 0.6 is 0 Å². The summed E-state index contributed by atoms with van der Waals surface area (Å²) in [5.74, 6) is -1.93. The number of nitrogens with zero attached hydrogens (tertiary/aromatic N) is 1. The normalized spacial score (nSPS) is 22.1. The lowest BCUT2D eigenvalue weighted by Gasteiger charge is -2.44. The lowest BCUT2D eigenvalue weighted by molar-refractivity contribution is -0.161. The summed E-state index contributed by atoms with van der Waals surface area (Å²) >= 11 is 0. The number of rotatable bonds is 5. The van der Waals surface area contributed by atoms with Crippen molar-refractivity contribution in [2.24, 2.45) is 5.92 Å². The lowest BCUT2D eigenvalue weighted by Crippen LogP contribution is -2.61. The summed E-state index contributed by atoms with van der Waals surface area (Å²) < 4.78 is 0. The predicted molar refractivity (Wildman–Crippen MR) is 106 cm³/mol. The van der Waals surface area contributed by atoms with Gasteiger partial charge in [-0.25, -0.2) is 4.79 Å². The number of hydrogen-bond donors (Lipinski definition) is 2. The molecule has 2 aliphatic rings. The molecular weight excluding hydrogens is 354 g/mol. The van der Waals surface area contributed by atoms with Gasteiger partial charge in [0, 0.05) is 0 Å². The second-order valence-corrected chi connectivity index (χ2v) is 7.47. The highest BCUT2D eigenvalue weighted by Crippen LogP contribution is 2.48. The molecule has 2 aliphatic heterocycles. The fourth-order valence-corrected chi connectivity index (χ4v) is 4.49. The van der Waals surface area contributed by atoms with E-state index >= 15 is 0 Å². The molecule has 3 atom stereocenters.